The van der Waals surface area contributed by atoms with Crippen molar-refractivity contribution in [2.45, 2.75) is 76.8 Å². The lowest BCUT2D eigenvalue weighted by atomic mass is 9.72. The number of rotatable bonds is 15. The molecule has 4 aliphatic rings. The molecule has 0 bridgehead atoms. The molecule has 2 aromatic heterocycles. The number of ether oxygens (including phenoxy) is 2. The molecule has 5 aromatic rings. The molecular weight excluding hydrogens is 745 g/mol. The van der Waals surface area contributed by atoms with Crippen LogP contribution in [0.1, 0.15) is 80.1 Å². The highest BCUT2D eigenvalue weighted by atomic mass is 16.5. The van der Waals surface area contributed by atoms with Gasteiger partial charge in [0.2, 0.25) is 17.8 Å². The number of fused-ring (bicyclic) bond motifs is 2. The van der Waals surface area contributed by atoms with Gasteiger partial charge in [-0.15, -0.1) is 0 Å². The summed E-state index contributed by atoms with van der Waals surface area (Å²) >= 11 is 0. The maximum Gasteiger partial charge on any atom is 0.255 e. The molecule has 0 radical (unpaired) electrons. The van der Waals surface area contributed by atoms with E-state index in [1.54, 1.807) is 17.2 Å². The minimum Gasteiger partial charge on any atom is -0.494 e. The Hall–Kier alpha value is -5.95. The van der Waals surface area contributed by atoms with Gasteiger partial charge in [-0.3, -0.25) is 24.1 Å². The summed E-state index contributed by atoms with van der Waals surface area (Å²) in [5.74, 6) is 2.87. The summed E-state index contributed by atoms with van der Waals surface area (Å²) in [4.78, 5) is 53.0. The van der Waals surface area contributed by atoms with Crippen LogP contribution in [0.5, 0.6) is 17.2 Å². The Labute approximate surface area is 344 Å². The highest BCUT2D eigenvalue weighted by Crippen LogP contribution is 2.42. The molecule has 3 N–H and O–H groups in total. The third-order valence-electron chi connectivity index (χ3n) is 12.5. The number of carbonyl (C=O) groups is 3. The Kier molecular flexibility index (Phi) is 10.9. The van der Waals surface area contributed by atoms with Gasteiger partial charge in [0.25, 0.3) is 5.91 Å². The second-order valence-corrected chi connectivity index (χ2v) is 16.6. The van der Waals surface area contributed by atoms with Gasteiger partial charge in [0.05, 0.1) is 6.61 Å². The number of amides is 3. The molecule has 1 atom stereocenters. The molecule has 59 heavy (non-hydrogen) atoms. The Bertz CT molecular complexity index is 2310. The van der Waals surface area contributed by atoms with Gasteiger partial charge in [0, 0.05) is 62.7 Å². The molecule has 4 aliphatic heterocycles. The molecule has 9 rings (SSSR count). The Morgan fingerprint density at radius 2 is 1.58 bits per heavy atom. The summed E-state index contributed by atoms with van der Waals surface area (Å²) in [5.41, 5.74) is 11.0. The molecule has 306 valence electrons. The van der Waals surface area contributed by atoms with E-state index in [9.17, 15) is 14.4 Å². The number of imide groups is 1. The highest BCUT2D eigenvalue weighted by molar-refractivity contribution is 6.05. The molecule has 13 nitrogen and oxygen atoms in total. The van der Waals surface area contributed by atoms with E-state index in [4.69, 9.17) is 20.2 Å². The fraction of sp³-hybridized carbons (Fsp3) is 0.413. The van der Waals surface area contributed by atoms with Crippen LogP contribution in [0.3, 0.4) is 0 Å². The van der Waals surface area contributed by atoms with Crippen LogP contribution in [-0.4, -0.2) is 87.3 Å². The van der Waals surface area contributed by atoms with Crippen molar-refractivity contribution in [3.05, 3.63) is 96.3 Å². The van der Waals surface area contributed by atoms with E-state index in [0.29, 0.717) is 36.4 Å². The standard InChI is InChI=1S/C46H52N8O5/c47-42-41-40(32-12-14-35(15-13-32)59-34-10-6-5-7-11-34)50-45(53(41)26-22-48-42)52-24-20-46(21-25-52)30-51(31-46)23-8-3-1-2-4-9-27-58-36-16-17-37-33(28-36)29-54(44(37)57)38-18-19-39(55)49-43(38)56/h5-7,10-17,22,26,28,38H,1-4,8-9,18-21,23-25,27,29-31H2,(H2,47,48)(H,49,55,56). The summed E-state index contributed by atoms with van der Waals surface area (Å²) in [7, 11) is 0. The second-order valence-electron chi connectivity index (χ2n) is 16.6. The van der Waals surface area contributed by atoms with Crippen molar-refractivity contribution < 1.29 is 23.9 Å². The number of hydrogen-bond acceptors (Lipinski definition) is 10. The van der Waals surface area contributed by atoms with Crippen LogP contribution in [0.15, 0.2) is 85.2 Å². The fourth-order valence-corrected chi connectivity index (χ4v) is 9.31. The van der Waals surface area contributed by atoms with Gasteiger partial charge in [-0.2, -0.15) is 0 Å². The summed E-state index contributed by atoms with van der Waals surface area (Å²) < 4.78 is 14.1. The number of nitrogens with zero attached hydrogens (tertiary/aromatic N) is 6. The molecule has 3 fully saturated rings. The minimum atomic E-state index is -0.605. The van der Waals surface area contributed by atoms with Gasteiger partial charge >= 0.3 is 0 Å². The van der Waals surface area contributed by atoms with E-state index in [1.165, 1.54) is 45.3 Å². The van der Waals surface area contributed by atoms with E-state index in [-0.39, 0.29) is 18.2 Å². The number of nitrogen functional groups attached to an aromatic ring is 1. The summed E-state index contributed by atoms with van der Waals surface area (Å²) in [6, 6.07) is 22.7. The molecule has 0 aliphatic carbocycles. The average Bonchev–Trinajstić information content (AvgIpc) is 3.78. The first-order valence-electron chi connectivity index (χ1n) is 21.2. The van der Waals surface area contributed by atoms with Crippen molar-refractivity contribution in [3.63, 3.8) is 0 Å². The Balaban J connectivity index is 0.672. The fourth-order valence-electron chi connectivity index (χ4n) is 9.31. The monoisotopic (exact) mass is 796 g/mol. The van der Waals surface area contributed by atoms with Crippen molar-refractivity contribution >= 4 is 35.0 Å². The normalized spacial score (nSPS) is 18.9. The van der Waals surface area contributed by atoms with Crippen molar-refractivity contribution in [3.8, 4) is 28.5 Å². The first-order chi connectivity index (χ1) is 28.8. The smallest absolute Gasteiger partial charge is 0.255 e. The number of imidazole rings is 1. The maximum atomic E-state index is 12.9. The van der Waals surface area contributed by atoms with Crippen molar-refractivity contribution in [1.82, 2.24) is 29.5 Å². The molecule has 3 saturated heterocycles. The summed E-state index contributed by atoms with van der Waals surface area (Å²) in [6.07, 6.45) is 13.7. The molecular formula is C46H52N8O5. The van der Waals surface area contributed by atoms with Crippen LogP contribution in [0.2, 0.25) is 0 Å². The SMILES string of the molecule is Nc1nccn2c(N3CCC4(CC3)CN(CCCCCCCCOc3ccc5c(c3)CN(C3CCC(=O)NC3=O)C5=O)C4)nc(-c3ccc(Oc4ccccc4)cc3)c12. The van der Waals surface area contributed by atoms with Crippen molar-refractivity contribution in [2.75, 3.05) is 50.0 Å². The van der Waals surface area contributed by atoms with Gasteiger partial charge in [0.1, 0.15) is 40.3 Å². The molecule has 1 spiro atoms. The third-order valence-corrected chi connectivity index (χ3v) is 12.5. The lowest BCUT2D eigenvalue weighted by Crippen LogP contribution is -2.60. The lowest BCUT2D eigenvalue weighted by Gasteiger charge is -2.54. The van der Waals surface area contributed by atoms with Crippen LogP contribution >= 0.6 is 0 Å². The van der Waals surface area contributed by atoms with Crippen molar-refractivity contribution in [2.24, 2.45) is 5.41 Å². The first kappa shape index (κ1) is 38.6. The number of nitrogens with one attached hydrogen (secondary N) is 1. The number of aromatic nitrogens is 3. The van der Waals surface area contributed by atoms with E-state index in [2.05, 4.69) is 24.5 Å². The molecule has 13 heteroatoms. The van der Waals surface area contributed by atoms with Gasteiger partial charge in [-0.25, -0.2) is 9.97 Å². The zero-order chi connectivity index (χ0) is 40.3. The predicted octanol–water partition coefficient (Wildman–Crippen LogP) is 6.85. The van der Waals surface area contributed by atoms with Crippen LogP contribution in [0.25, 0.3) is 16.8 Å². The largest absolute Gasteiger partial charge is 0.494 e. The lowest BCUT2D eigenvalue weighted by molar-refractivity contribution is -0.136. The number of carbonyl (C=O) groups excluding carboxylic acids is 3. The first-order valence-corrected chi connectivity index (χ1v) is 21.2. The van der Waals surface area contributed by atoms with Crippen LogP contribution < -0.4 is 25.4 Å². The highest BCUT2D eigenvalue weighted by Gasteiger charge is 2.45. The van der Waals surface area contributed by atoms with Gasteiger partial charge in [0.15, 0.2) is 0 Å². The second kappa shape index (κ2) is 16.7. The zero-order valence-electron chi connectivity index (χ0n) is 33.5. The van der Waals surface area contributed by atoms with E-state index in [1.807, 2.05) is 72.9 Å². The molecule has 3 amide bonds. The third kappa shape index (κ3) is 8.21. The average molecular weight is 797 g/mol. The topological polar surface area (TPSA) is 148 Å². The number of benzene rings is 3. The van der Waals surface area contributed by atoms with E-state index in [0.717, 1.165) is 84.3 Å². The van der Waals surface area contributed by atoms with E-state index < -0.39 is 11.9 Å². The van der Waals surface area contributed by atoms with Gasteiger partial charge < -0.3 is 29.9 Å². The van der Waals surface area contributed by atoms with E-state index >= 15 is 0 Å². The minimum absolute atomic E-state index is 0.163. The number of piperidine rings is 2. The molecule has 0 saturated carbocycles. The predicted molar refractivity (Wildman–Crippen MR) is 225 cm³/mol. The van der Waals surface area contributed by atoms with Crippen LogP contribution in [-0.2, 0) is 16.1 Å². The molecule has 1 unspecified atom stereocenters. The maximum absolute atomic E-state index is 12.9. The molecule has 6 heterocycles. The van der Waals surface area contributed by atoms with Gasteiger partial charge in [-0.05, 0) is 104 Å². The number of anilines is 2. The van der Waals surface area contributed by atoms with Crippen molar-refractivity contribution in [1.29, 1.82) is 0 Å². The van der Waals surface area contributed by atoms with Crippen LogP contribution in [0.4, 0.5) is 11.8 Å². The zero-order valence-corrected chi connectivity index (χ0v) is 33.5. The Morgan fingerprint density at radius 1 is 0.847 bits per heavy atom. The molecule has 3 aromatic carbocycles. The summed E-state index contributed by atoms with van der Waals surface area (Å²) in [5, 5.41) is 2.35. The van der Waals surface area contributed by atoms with Gasteiger partial charge in [-0.1, -0.05) is 43.9 Å². The number of likely N-dealkylation sites (tertiary alicyclic amines) is 1. The van der Waals surface area contributed by atoms with Crippen LogP contribution in [0, 0.1) is 5.41 Å². The number of para-hydroxylation sites is 1. The summed E-state index contributed by atoms with van der Waals surface area (Å²) in [6.45, 7) is 6.48. The number of hydrogen-bond donors (Lipinski definition) is 2. The number of unbranched alkanes of at least 4 members (excludes halogenated alkanes) is 5. The quantitative estimate of drug-likeness (QED) is 0.0852. The Morgan fingerprint density at radius 3 is 2.36 bits per heavy atom. The number of nitrogens with two attached hydrogens (primary N) is 1.